The average molecular weight is 267 g/mol. The van der Waals surface area contributed by atoms with Gasteiger partial charge in [0.2, 0.25) is 0 Å². The van der Waals surface area contributed by atoms with Crippen LogP contribution < -0.4 is 10.6 Å². The fourth-order valence-electron chi connectivity index (χ4n) is 1.82. The first-order chi connectivity index (χ1) is 7.33. The Bertz CT molecular complexity index is 293. The number of rotatable bonds is 5. The highest BCUT2D eigenvalue weighted by Crippen LogP contribution is 2.30. The van der Waals surface area contributed by atoms with E-state index in [0.29, 0.717) is 6.42 Å². The Kier molecular flexibility index (Phi) is 4.44. The van der Waals surface area contributed by atoms with Crippen LogP contribution in [0.5, 0.6) is 0 Å². The molecule has 1 aliphatic heterocycles. The van der Waals surface area contributed by atoms with Crippen molar-refractivity contribution in [2.24, 2.45) is 5.41 Å². The number of urea groups is 1. The van der Waals surface area contributed by atoms with Crippen LogP contribution in [0.3, 0.4) is 0 Å². The van der Waals surface area contributed by atoms with Gasteiger partial charge in [-0.25, -0.2) is 4.79 Å². The summed E-state index contributed by atoms with van der Waals surface area (Å²) >= 11 is 11.3. The number of nitrogens with one attached hydrogen (secondary N) is 2. The Hall–Kier alpha value is -0.480. The lowest BCUT2D eigenvalue weighted by Gasteiger charge is -2.29. The van der Waals surface area contributed by atoms with Crippen LogP contribution in [0.4, 0.5) is 4.79 Å². The van der Waals surface area contributed by atoms with E-state index in [1.54, 1.807) is 0 Å². The van der Waals surface area contributed by atoms with Crippen molar-refractivity contribution in [3.05, 3.63) is 0 Å². The molecular formula is C10H16Cl2N2O2. The summed E-state index contributed by atoms with van der Waals surface area (Å²) in [5.41, 5.74) is -0.293. The molecule has 1 rings (SSSR count). The summed E-state index contributed by atoms with van der Waals surface area (Å²) in [5, 5.41) is 4.85. The zero-order valence-electron chi connectivity index (χ0n) is 9.35. The van der Waals surface area contributed by atoms with Crippen molar-refractivity contribution in [1.29, 1.82) is 0 Å². The monoisotopic (exact) mass is 266 g/mol. The van der Waals surface area contributed by atoms with Gasteiger partial charge in [0.05, 0.1) is 0 Å². The van der Waals surface area contributed by atoms with Gasteiger partial charge in [0.1, 0.15) is 10.9 Å². The zero-order valence-corrected chi connectivity index (χ0v) is 10.9. The van der Waals surface area contributed by atoms with Gasteiger partial charge in [0.25, 0.3) is 5.91 Å². The van der Waals surface area contributed by atoms with Crippen molar-refractivity contribution in [2.45, 2.75) is 44.0 Å². The second-order valence-electron chi connectivity index (χ2n) is 4.67. The molecule has 92 valence electrons. The Morgan fingerprint density at radius 2 is 2.00 bits per heavy atom. The minimum Gasteiger partial charge on any atom is -0.325 e. The Balaban J connectivity index is 2.49. The maximum absolute atomic E-state index is 11.5. The topological polar surface area (TPSA) is 58.2 Å². The molecule has 0 bridgehead atoms. The summed E-state index contributed by atoms with van der Waals surface area (Å²) in [6, 6.07) is -0.889. The quantitative estimate of drug-likeness (QED) is 0.592. The Labute approximate surface area is 105 Å². The lowest BCUT2D eigenvalue weighted by atomic mass is 9.80. The largest absolute Gasteiger partial charge is 0.325 e. The maximum Gasteiger partial charge on any atom is 0.322 e. The van der Waals surface area contributed by atoms with Gasteiger partial charge in [-0.2, -0.15) is 0 Å². The lowest BCUT2D eigenvalue weighted by Crippen LogP contribution is -2.43. The minimum atomic E-state index is -0.468. The second kappa shape index (κ2) is 5.23. The summed E-state index contributed by atoms with van der Waals surface area (Å²) < 4.78 is 0. The third kappa shape index (κ3) is 3.52. The SMILES string of the molecule is CC(C)(CCCC(Cl)Cl)C1NC(=O)NC1=O. The fraction of sp³-hybridized carbons (Fsp3) is 0.800. The second-order valence-corrected chi connectivity index (χ2v) is 5.94. The van der Waals surface area contributed by atoms with Gasteiger partial charge in [0.15, 0.2) is 0 Å². The molecule has 0 aromatic carbocycles. The van der Waals surface area contributed by atoms with Crippen LogP contribution in [0.25, 0.3) is 0 Å². The van der Waals surface area contributed by atoms with Crippen LogP contribution in [-0.4, -0.2) is 22.8 Å². The van der Waals surface area contributed by atoms with E-state index in [1.165, 1.54) is 0 Å². The molecule has 0 aromatic rings. The van der Waals surface area contributed by atoms with Crippen molar-refractivity contribution in [2.75, 3.05) is 0 Å². The molecule has 1 saturated heterocycles. The van der Waals surface area contributed by atoms with Gasteiger partial charge in [0, 0.05) is 0 Å². The third-order valence-corrected chi connectivity index (χ3v) is 3.24. The number of amides is 3. The lowest BCUT2D eigenvalue weighted by molar-refractivity contribution is -0.122. The van der Waals surface area contributed by atoms with E-state index < -0.39 is 12.1 Å². The standard InChI is InChI=1S/C10H16Cl2N2O2/c1-10(2,5-3-4-6(11)12)7-8(15)14-9(16)13-7/h6-7H,3-5H2,1-2H3,(H2,13,14,15,16). The van der Waals surface area contributed by atoms with Crippen LogP contribution >= 0.6 is 23.2 Å². The zero-order chi connectivity index (χ0) is 12.3. The van der Waals surface area contributed by atoms with Gasteiger partial charge >= 0.3 is 6.03 Å². The molecule has 1 aliphatic rings. The van der Waals surface area contributed by atoms with Gasteiger partial charge < -0.3 is 5.32 Å². The van der Waals surface area contributed by atoms with E-state index in [2.05, 4.69) is 10.6 Å². The molecule has 1 heterocycles. The molecule has 0 aliphatic carbocycles. The summed E-state index contributed by atoms with van der Waals surface area (Å²) in [6.45, 7) is 3.89. The van der Waals surface area contributed by atoms with Gasteiger partial charge in [-0.05, 0) is 18.3 Å². The predicted molar refractivity (Wildman–Crippen MR) is 63.6 cm³/mol. The van der Waals surface area contributed by atoms with Crippen molar-refractivity contribution in [1.82, 2.24) is 10.6 Å². The molecule has 4 nitrogen and oxygen atoms in total. The van der Waals surface area contributed by atoms with Crippen molar-refractivity contribution in [3.8, 4) is 0 Å². The van der Waals surface area contributed by atoms with E-state index in [4.69, 9.17) is 23.2 Å². The average Bonchev–Trinajstić information content (AvgIpc) is 2.44. The number of hydrogen-bond acceptors (Lipinski definition) is 2. The molecule has 0 saturated carbocycles. The van der Waals surface area contributed by atoms with E-state index in [9.17, 15) is 9.59 Å². The number of carbonyl (C=O) groups is 2. The summed E-state index contributed by atoms with van der Waals surface area (Å²) in [7, 11) is 0. The van der Waals surface area contributed by atoms with Crippen LogP contribution in [0.1, 0.15) is 33.1 Å². The molecule has 0 radical (unpaired) electrons. The molecule has 6 heteroatoms. The van der Waals surface area contributed by atoms with E-state index >= 15 is 0 Å². The first-order valence-corrected chi connectivity index (χ1v) is 6.10. The highest BCUT2D eigenvalue weighted by Gasteiger charge is 2.40. The predicted octanol–water partition coefficient (Wildman–Crippen LogP) is 2.19. The summed E-state index contributed by atoms with van der Waals surface area (Å²) in [4.78, 5) is 22.1. The molecule has 1 atom stereocenters. The summed E-state index contributed by atoms with van der Waals surface area (Å²) in [5.74, 6) is -0.261. The molecule has 1 unspecified atom stereocenters. The third-order valence-electron chi connectivity index (χ3n) is 2.80. The highest BCUT2D eigenvalue weighted by atomic mass is 35.5. The highest BCUT2D eigenvalue weighted by molar-refractivity contribution is 6.44. The summed E-state index contributed by atoms with van der Waals surface area (Å²) in [6.07, 6.45) is 2.29. The first-order valence-electron chi connectivity index (χ1n) is 5.22. The van der Waals surface area contributed by atoms with Crippen LogP contribution in [0.2, 0.25) is 0 Å². The van der Waals surface area contributed by atoms with Crippen LogP contribution in [0, 0.1) is 5.41 Å². The van der Waals surface area contributed by atoms with Crippen molar-refractivity contribution in [3.63, 3.8) is 0 Å². The number of halogens is 2. The molecule has 1 fully saturated rings. The van der Waals surface area contributed by atoms with Crippen LogP contribution in [0.15, 0.2) is 0 Å². The molecule has 0 aromatic heterocycles. The van der Waals surface area contributed by atoms with Crippen molar-refractivity contribution >= 4 is 35.1 Å². The molecular weight excluding hydrogens is 251 g/mol. The maximum atomic E-state index is 11.5. The number of carbonyl (C=O) groups excluding carboxylic acids is 2. The Morgan fingerprint density at radius 3 is 2.44 bits per heavy atom. The fourth-order valence-corrected chi connectivity index (χ4v) is 2.13. The number of alkyl halides is 2. The molecule has 2 N–H and O–H groups in total. The number of imide groups is 1. The van der Waals surface area contributed by atoms with Gasteiger partial charge in [-0.15, -0.1) is 23.2 Å². The van der Waals surface area contributed by atoms with Gasteiger partial charge in [-0.1, -0.05) is 20.3 Å². The normalized spacial score (nSPS) is 21.2. The molecule has 0 spiro atoms. The van der Waals surface area contributed by atoms with E-state index in [-0.39, 0.29) is 16.2 Å². The first kappa shape index (κ1) is 13.6. The van der Waals surface area contributed by atoms with Crippen molar-refractivity contribution < 1.29 is 9.59 Å². The molecule has 16 heavy (non-hydrogen) atoms. The van der Waals surface area contributed by atoms with Gasteiger partial charge in [-0.3, -0.25) is 10.1 Å². The smallest absolute Gasteiger partial charge is 0.322 e. The minimum absolute atomic E-state index is 0.261. The van der Waals surface area contributed by atoms with Crippen LogP contribution in [-0.2, 0) is 4.79 Å². The van der Waals surface area contributed by atoms with E-state index in [0.717, 1.165) is 12.8 Å². The molecule has 3 amide bonds. The van der Waals surface area contributed by atoms with E-state index in [1.807, 2.05) is 13.8 Å². The number of hydrogen-bond donors (Lipinski definition) is 2. The Morgan fingerprint density at radius 1 is 1.38 bits per heavy atom.